The van der Waals surface area contributed by atoms with E-state index in [0.717, 1.165) is 22.0 Å². The van der Waals surface area contributed by atoms with E-state index in [1.165, 1.54) is 0 Å². The van der Waals surface area contributed by atoms with Crippen LogP contribution < -0.4 is 10.2 Å². The summed E-state index contributed by atoms with van der Waals surface area (Å²) in [5.74, 6) is -0.474. The van der Waals surface area contributed by atoms with Crippen molar-refractivity contribution in [1.29, 1.82) is 5.26 Å². The molecule has 0 saturated carbocycles. The molecule has 5 nitrogen and oxygen atoms in total. The van der Waals surface area contributed by atoms with E-state index >= 15 is 0 Å². The first kappa shape index (κ1) is 18.5. The third kappa shape index (κ3) is 4.82. The molecule has 2 aromatic rings. The Labute approximate surface area is 148 Å². The van der Waals surface area contributed by atoms with Gasteiger partial charge in [0.25, 0.3) is 5.91 Å². The molecule has 0 radical (unpaired) electrons. The van der Waals surface area contributed by atoms with Gasteiger partial charge in [-0.3, -0.25) is 4.79 Å². The average molecular weight is 337 g/mol. The van der Waals surface area contributed by atoms with Crippen LogP contribution >= 0.6 is 0 Å². The van der Waals surface area contributed by atoms with Crippen LogP contribution in [0.25, 0.3) is 16.8 Å². The molecule has 1 amide bonds. The van der Waals surface area contributed by atoms with Gasteiger partial charge in [-0.1, -0.05) is 25.1 Å². The number of nitriles is 1. The summed E-state index contributed by atoms with van der Waals surface area (Å²) < 4.78 is 0. The lowest BCUT2D eigenvalue weighted by Gasteiger charge is -2.13. The molecule has 0 saturated heterocycles. The normalized spacial score (nSPS) is 12.5. The van der Waals surface area contributed by atoms with Crippen LogP contribution in [-0.4, -0.2) is 37.8 Å². The van der Waals surface area contributed by atoms with E-state index in [9.17, 15) is 15.2 Å². The molecule has 0 aliphatic carbocycles. The largest absolute Gasteiger partial charge is 0.391 e. The van der Waals surface area contributed by atoms with E-state index < -0.39 is 12.0 Å². The summed E-state index contributed by atoms with van der Waals surface area (Å²) in [4.78, 5) is 14.1. The first-order chi connectivity index (χ1) is 11.9. The molecule has 5 heteroatoms. The van der Waals surface area contributed by atoms with E-state index in [1.807, 2.05) is 62.3 Å². The number of aliphatic hydroxyl groups is 1. The van der Waals surface area contributed by atoms with Gasteiger partial charge in [-0.2, -0.15) is 5.26 Å². The third-order valence-electron chi connectivity index (χ3n) is 4.01. The minimum Gasteiger partial charge on any atom is -0.391 e. The van der Waals surface area contributed by atoms with Crippen LogP contribution in [0.15, 0.2) is 42.0 Å². The Hall–Kier alpha value is -2.84. The zero-order chi connectivity index (χ0) is 18.4. The molecule has 0 aromatic heterocycles. The molecule has 2 aromatic carbocycles. The Morgan fingerprint density at radius 2 is 1.96 bits per heavy atom. The van der Waals surface area contributed by atoms with Crippen LogP contribution in [0.2, 0.25) is 0 Å². The van der Waals surface area contributed by atoms with Crippen molar-refractivity contribution in [1.82, 2.24) is 5.32 Å². The molecule has 0 fully saturated rings. The first-order valence-corrected chi connectivity index (χ1v) is 8.23. The number of anilines is 1. The van der Waals surface area contributed by atoms with Gasteiger partial charge in [-0.05, 0) is 47.0 Å². The smallest absolute Gasteiger partial charge is 0.262 e. The van der Waals surface area contributed by atoms with Crippen molar-refractivity contribution in [2.75, 3.05) is 25.5 Å². The van der Waals surface area contributed by atoms with Crippen LogP contribution in [0.3, 0.4) is 0 Å². The zero-order valence-corrected chi connectivity index (χ0v) is 14.8. The summed E-state index contributed by atoms with van der Waals surface area (Å²) in [6.45, 7) is 1.97. The van der Waals surface area contributed by atoms with E-state index in [2.05, 4.69) is 11.4 Å². The van der Waals surface area contributed by atoms with Crippen LogP contribution in [0.5, 0.6) is 0 Å². The van der Waals surface area contributed by atoms with Crippen molar-refractivity contribution < 1.29 is 9.90 Å². The van der Waals surface area contributed by atoms with Crippen molar-refractivity contribution in [3.05, 3.63) is 47.5 Å². The van der Waals surface area contributed by atoms with Crippen LogP contribution in [0.1, 0.15) is 18.9 Å². The van der Waals surface area contributed by atoms with Crippen molar-refractivity contribution in [3.63, 3.8) is 0 Å². The first-order valence-electron chi connectivity index (χ1n) is 8.23. The molecule has 1 unspecified atom stereocenters. The van der Waals surface area contributed by atoms with Gasteiger partial charge in [0.1, 0.15) is 11.6 Å². The molecule has 0 spiro atoms. The predicted octanol–water partition coefficient (Wildman–Crippen LogP) is 2.70. The van der Waals surface area contributed by atoms with Crippen molar-refractivity contribution in [2.45, 2.75) is 19.4 Å². The van der Waals surface area contributed by atoms with Gasteiger partial charge in [-0.15, -0.1) is 0 Å². The Morgan fingerprint density at radius 1 is 1.28 bits per heavy atom. The van der Waals surface area contributed by atoms with Crippen molar-refractivity contribution >= 4 is 28.4 Å². The van der Waals surface area contributed by atoms with Crippen molar-refractivity contribution in [2.24, 2.45) is 0 Å². The SMILES string of the molecule is CCC(O)CNC(=O)/C(C#N)=C/c1ccc2cc(N(C)C)ccc2c1. The topological polar surface area (TPSA) is 76.4 Å². The van der Waals surface area contributed by atoms with Gasteiger partial charge in [0.15, 0.2) is 0 Å². The molecule has 0 aliphatic rings. The molecule has 0 heterocycles. The van der Waals surface area contributed by atoms with Gasteiger partial charge in [0.05, 0.1) is 6.10 Å². The second-order valence-corrected chi connectivity index (χ2v) is 6.13. The van der Waals surface area contributed by atoms with Crippen LogP contribution in [-0.2, 0) is 4.79 Å². The number of carbonyl (C=O) groups is 1. The number of nitrogens with zero attached hydrogens (tertiary/aromatic N) is 2. The number of hydrogen-bond donors (Lipinski definition) is 2. The Morgan fingerprint density at radius 3 is 2.60 bits per heavy atom. The van der Waals surface area contributed by atoms with Crippen molar-refractivity contribution in [3.8, 4) is 6.07 Å². The quantitative estimate of drug-likeness (QED) is 0.628. The highest BCUT2D eigenvalue weighted by atomic mass is 16.3. The van der Waals surface area contributed by atoms with E-state index in [0.29, 0.717) is 6.42 Å². The van der Waals surface area contributed by atoms with E-state index in [1.54, 1.807) is 6.08 Å². The summed E-state index contributed by atoms with van der Waals surface area (Å²) in [6, 6.07) is 13.9. The summed E-state index contributed by atoms with van der Waals surface area (Å²) in [5.41, 5.74) is 1.92. The second-order valence-electron chi connectivity index (χ2n) is 6.13. The minimum atomic E-state index is -0.601. The lowest BCUT2D eigenvalue weighted by atomic mass is 10.0. The molecule has 1 atom stereocenters. The summed E-state index contributed by atoms with van der Waals surface area (Å²) in [5, 5.41) is 23.5. The number of aliphatic hydroxyl groups excluding tert-OH is 1. The summed E-state index contributed by atoms with van der Waals surface area (Å²) >= 11 is 0. The average Bonchev–Trinajstić information content (AvgIpc) is 2.63. The second kappa shape index (κ2) is 8.32. The minimum absolute atomic E-state index is 0.0209. The Kier molecular flexibility index (Phi) is 6.15. The van der Waals surface area contributed by atoms with Gasteiger partial charge in [0, 0.05) is 26.3 Å². The Balaban J connectivity index is 2.24. The number of hydrogen-bond acceptors (Lipinski definition) is 4. The molecule has 2 rings (SSSR count). The van der Waals surface area contributed by atoms with Gasteiger partial charge in [-0.25, -0.2) is 0 Å². The van der Waals surface area contributed by atoms with E-state index in [-0.39, 0.29) is 12.1 Å². The molecule has 2 N–H and O–H groups in total. The maximum absolute atomic E-state index is 12.1. The van der Waals surface area contributed by atoms with Crippen LogP contribution in [0.4, 0.5) is 5.69 Å². The number of benzene rings is 2. The van der Waals surface area contributed by atoms with Crippen LogP contribution in [0, 0.1) is 11.3 Å². The molecule has 25 heavy (non-hydrogen) atoms. The molecular weight excluding hydrogens is 314 g/mol. The highest BCUT2D eigenvalue weighted by molar-refractivity contribution is 6.02. The third-order valence-corrected chi connectivity index (χ3v) is 4.01. The fourth-order valence-corrected chi connectivity index (χ4v) is 2.38. The molecule has 130 valence electrons. The van der Waals surface area contributed by atoms with Gasteiger partial charge < -0.3 is 15.3 Å². The Bertz CT molecular complexity index is 834. The summed E-state index contributed by atoms with van der Waals surface area (Å²) in [7, 11) is 3.98. The number of fused-ring (bicyclic) bond motifs is 1. The standard InChI is InChI=1S/C20H23N3O2/c1-4-19(24)13-22-20(25)17(12-21)10-14-5-6-16-11-18(23(2)3)8-7-15(16)9-14/h5-11,19,24H,4,13H2,1-3H3,(H,22,25)/b17-10+. The number of carbonyl (C=O) groups excluding carboxylic acids is 1. The summed E-state index contributed by atoms with van der Waals surface area (Å²) in [6.07, 6.45) is 1.51. The fourth-order valence-electron chi connectivity index (χ4n) is 2.38. The molecular formula is C20H23N3O2. The molecule has 0 bridgehead atoms. The lowest BCUT2D eigenvalue weighted by Crippen LogP contribution is -2.32. The van der Waals surface area contributed by atoms with Gasteiger partial charge in [0.2, 0.25) is 0 Å². The maximum Gasteiger partial charge on any atom is 0.262 e. The lowest BCUT2D eigenvalue weighted by molar-refractivity contribution is -0.117. The monoisotopic (exact) mass is 337 g/mol. The van der Waals surface area contributed by atoms with Gasteiger partial charge >= 0.3 is 0 Å². The number of nitrogens with one attached hydrogen (secondary N) is 1. The highest BCUT2D eigenvalue weighted by Crippen LogP contribution is 2.23. The predicted molar refractivity (Wildman–Crippen MR) is 101 cm³/mol. The molecule has 0 aliphatic heterocycles. The zero-order valence-electron chi connectivity index (χ0n) is 14.8. The van der Waals surface area contributed by atoms with E-state index in [4.69, 9.17) is 0 Å². The number of rotatable bonds is 6. The highest BCUT2D eigenvalue weighted by Gasteiger charge is 2.10. The fraction of sp³-hybridized carbons (Fsp3) is 0.300. The maximum atomic E-state index is 12.1. The number of amides is 1.